The van der Waals surface area contributed by atoms with Crippen molar-refractivity contribution < 1.29 is 0 Å². The number of aromatic nitrogens is 4. The van der Waals surface area contributed by atoms with Gasteiger partial charge in [0.2, 0.25) is 0 Å². The van der Waals surface area contributed by atoms with Gasteiger partial charge in [-0.3, -0.25) is 3.97 Å². The number of thiol groups is 1. The lowest BCUT2D eigenvalue weighted by atomic mass is 10.6. The van der Waals surface area contributed by atoms with Gasteiger partial charge in [0.05, 0.1) is 0 Å². The van der Waals surface area contributed by atoms with Crippen LogP contribution in [0, 0.1) is 0 Å². The molecule has 0 aliphatic heterocycles. The number of fused-ring (bicyclic) bond motifs is 1. The van der Waals surface area contributed by atoms with E-state index in [1.165, 1.54) is 6.33 Å². The van der Waals surface area contributed by atoms with Gasteiger partial charge < -0.3 is 0 Å². The van der Waals surface area contributed by atoms with E-state index in [0.29, 0.717) is 5.03 Å². The molecule has 0 unspecified atom stereocenters. The maximum Gasteiger partial charge on any atom is 0.174 e. The summed E-state index contributed by atoms with van der Waals surface area (Å²) in [4.78, 5) is 12.3. The third-order valence-corrected chi connectivity index (χ3v) is 2.87. The van der Waals surface area contributed by atoms with Crippen molar-refractivity contribution in [3.63, 3.8) is 0 Å². The molecule has 2 aromatic rings. The molecule has 0 N–H and O–H groups in total. The zero-order valence-corrected chi connectivity index (χ0v) is 9.00. The summed E-state index contributed by atoms with van der Waals surface area (Å²) < 4.78 is 1.89. The van der Waals surface area contributed by atoms with Gasteiger partial charge in [-0.1, -0.05) is 6.08 Å². The van der Waals surface area contributed by atoms with Gasteiger partial charge in [-0.15, -0.1) is 19.2 Å². The lowest BCUT2D eigenvalue weighted by molar-refractivity contribution is 1.09. The van der Waals surface area contributed by atoms with Gasteiger partial charge in [-0.2, -0.15) is 0 Å². The minimum atomic E-state index is 0.605. The quantitative estimate of drug-likeness (QED) is 0.490. The smallest absolute Gasteiger partial charge is 0.174 e. The number of hydrogen-bond donors (Lipinski definition) is 1. The van der Waals surface area contributed by atoms with E-state index >= 15 is 0 Å². The second kappa shape index (κ2) is 4.02. The minimum Gasteiger partial charge on any atom is -0.256 e. The molecule has 2 aromatic heterocycles. The summed E-state index contributed by atoms with van der Waals surface area (Å²) in [6.07, 6.45) is 5.03. The van der Waals surface area contributed by atoms with E-state index in [1.807, 2.05) is 10.0 Å². The standard InChI is InChI=1S/C8H8N4S2/c1-2-3-14-12-5-11-6-7(12)9-4-10-8(6)13/h2,4-5H,1,3H2,(H,9,10,13). The Bertz CT molecular complexity index is 465. The van der Waals surface area contributed by atoms with Crippen molar-refractivity contribution in [3.8, 4) is 0 Å². The lowest BCUT2D eigenvalue weighted by Gasteiger charge is -1.98. The summed E-state index contributed by atoms with van der Waals surface area (Å²) in [7, 11) is 0. The number of hydrogen-bond acceptors (Lipinski definition) is 5. The maximum atomic E-state index is 4.20. The molecule has 0 aliphatic rings. The summed E-state index contributed by atoms with van der Waals surface area (Å²) in [6.45, 7) is 3.66. The van der Waals surface area contributed by atoms with Crippen LogP contribution in [0.1, 0.15) is 0 Å². The van der Waals surface area contributed by atoms with Crippen molar-refractivity contribution in [2.45, 2.75) is 5.03 Å². The highest BCUT2D eigenvalue weighted by atomic mass is 32.2. The first-order valence-corrected chi connectivity index (χ1v) is 5.33. The van der Waals surface area contributed by atoms with E-state index in [9.17, 15) is 0 Å². The van der Waals surface area contributed by atoms with Gasteiger partial charge in [-0.25, -0.2) is 15.0 Å². The fourth-order valence-corrected chi connectivity index (χ4v) is 1.87. The molecular weight excluding hydrogens is 216 g/mol. The molecule has 0 aliphatic carbocycles. The second-order valence-corrected chi connectivity index (χ2v) is 3.93. The topological polar surface area (TPSA) is 43.6 Å². The molecule has 0 bridgehead atoms. The van der Waals surface area contributed by atoms with E-state index in [0.717, 1.165) is 16.9 Å². The third-order valence-electron chi connectivity index (χ3n) is 1.62. The molecule has 0 radical (unpaired) electrons. The van der Waals surface area contributed by atoms with E-state index in [-0.39, 0.29) is 0 Å². The number of rotatable bonds is 3. The average molecular weight is 224 g/mol. The summed E-state index contributed by atoms with van der Waals surface area (Å²) in [5.74, 6) is 0.817. The molecule has 4 nitrogen and oxygen atoms in total. The normalized spacial score (nSPS) is 10.6. The molecule has 0 saturated carbocycles. The second-order valence-electron chi connectivity index (χ2n) is 2.52. The molecule has 2 rings (SSSR count). The van der Waals surface area contributed by atoms with E-state index < -0.39 is 0 Å². The molecule has 0 fully saturated rings. The van der Waals surface area contributed by atoms with Crippen LogP contribution in [-0.4, -0.2) is 24.7 Å². The van der Waals surface area contributed by atoms with Gasteiger partial charge in [-0.05, 0) is 11.9 Å². The van der Waals surface area contributed by atoms with E-state index in [2.05, 4.69) is 34.2 Å². The maximum absolute atomic E-state index is 4.20. The Hall–Kier alpha value is -1.01. The third kappa shape index (κ3) is 1.62. The van der Waals surface area contributed by atoms with Gasteiger partial charge in [0.1, 0.15) is 23.2 Å². The van der Waals surface area contributed by atoms with Crippen LogP contribution in [0.25, 0.3) is 11.2 Å². The highest BCUT2D eigenvalue weighted by Gasteiger charge is 2.06. The van der Waals surface area contributed by atoms with Gasteiger partial charge >= 0.3 is 0 Å². The first-order valence-electron chi connectivity index (χ1n) is 3.94. The van der Waals surface area contributed by atoms with Crippen LogP contribution in [0.2, 0.25) is 0 Å². The summed E-state index contributed by atoms with van der Waals surface area (Å²) in [5.41, 5.74) is 1.52. The average Bonchev–Trinajstić information content (AvgIpc) is 2.60. The van der Waals surface area contributed by atoms with Gasteiger partial charge in [0, 0.05) is 5.75 Å². The number of nitrogens with zero attached hydrogens (tertiary/aromatic N) is 4. The molecule has 72 valence electrons. The largest absolute Gasteiger partial charge is 0.256 e. The van der Waals surface area contributed by atoms with Crippen LogP contribution < -0.4 is 0 Å². The van der Waals surface area contributed by atoms with Crippen LogP contribution in [0.3, 0.4) is 0 Å². The molecule has 0 amide bonds. The van der Waals surface area contributed by atoms with E-state index in [1.54, 1.807) is 18.3 Å². The summed E-state index contributed by atoms with van der Waals surface area (Å²) >= 11 is 5.78. The Balaban J connectivity index is 2.47. The molecule has 2 heterocycles. The van der Waals surface area contributed by atoms with Crippen molar-refractivity contribution in [2.24, 2.45) is 0 Å². The Labute approximate surface area is 91.0 Å². The van der Waals surface area contributed by atoms with Gasteiger partial charge in [0.15, 0.2) is 5.65 Å². The SMILES string of the molecule is C=CCSn1cnc2c(S)ncnc21. The van der Waals surface area contributed by atoms with Crippen molar-refractivity contribution in [1.82, 2.24) is 18.9 Å². The first-order chi connectivity index (χ1) is 6.83. The Kier molecular flexibility index (Phi) is 2.74. The first kappa shape index (κ1) is 9.54. The Morgan fingerprint density at radius 2 is 2.36 bits per heavy atom. The van der Waals surface area contributed by atoms with Crippen molar-refractivity contribution in [2.75, 3.05) is 5.75 Å². The molecule has 0 spiro atoms. The molecule has 0 aromatic carbocycles. The monoisotopic (exact) mass is 224 g/mol. The fourth-order valence-electron chi connectivity index (χ4n) is 1.03. The summed E-state index contributed by atoms with van der Waals surface area (Å²) in [6, 6.07) is 0. The predicted octanol–water partition coefficient (Wildman–Crippen LogP) is 1.80. The zero-order chi connectivity index (χ0) is 9.97. The molecule has 6 heteroatoms. The molecule has 14 heavy (non-hydrogen) atoms. The Morgan fingerprint density at radius 3 is 3.14 bits per heavy atom. The molecule has 0 atom stereocenters. The van der Waals surface area contributed by atoms with Crippen LogP contribution in [0.4, 0.5) is 0 Å². The molecular formula is C8H8N4S2. The summed E-state index contributed by atoms with van der Waals surface area (Å²) in [5, 5.41) is 0.605. The van der Waals surface area contributed by atoms with Crippen LogP contribution >= 0.6 is 24.6 Å². The van der Waals surface area contributed by atoms with E-state index in [4.69, 9.17) is 0 Å². The van der Waals surface area contributed by atoms with Crippen LogP contribution in [0.5, 0.6) is 0 Å². The minimum absolute atomic E-state index is 0.605. The van der Waals surface area contributed by atoms with Crippen molar-refractivity contribution >= 4 is 35.7 Å². The predicted molar refractivity (Wildman–Crippen MR) is 60.6 cm³/mol. The van der Waals surface area contributed by atoms with Crippen molar-refractivity contribution in [1.29, 1.82) is 0 Å². The number of imidazole rings is 1. The van der Waals surface area contributed by atoms with Crippen LogP contribution in [0.15, 0.2) is 30.3 Å². The Morgan fingerprint density at radius 1 is 1.50 bits per heavy atom. The zero-order valence-electron chi connectivity index (χ0n) is 7.29. The molecule has 0 saturated heterocycles. The highest BCUT2D eigenvalue weighted by Crippen LogP contribution is 2.19. The fraction of sp³-hybridized carbons (Fsp3) is 0.125. The highest BCUT2D eigenvalue weighted by molar-refractivity contribution is 7.98. The van der Waals surface area contributed by atoms with Crippen molar-refractivity contribution in [3.05, 3.63) is 25.3 Å². The van der Waals surface area contributed by atoms with Gasteiger partial charge in [0.25, 0.3) is 0 Å². The van der Waals surface area contributed by atoms with Crippen LogP contribution in [-0.2, 0) is 0 Å². The lowest BCUT2D eigenvalue weighted by Crippen LogP contribution is -1.89.